The Labute approximate surface area is 107 Å². The molecule has 0 unspecified atom stereocenters. The van der Waals surface area contributed by atoms with Crippen LogP contribution in [0.4, 0.5) is 11.6 Å². The van der Waals surface area contributed by atoms with Crippen molar-refractivity contribution >= 4 is 11.6 Å². The third-order valence-corrected chi connectivity index (χ3v) is 3.40. The molecule has 1 aromatic rings. The number of nitrogens with zero attached hydrogens (tertiary/aromatic N) is 2. The molecule has 6 nitrogen and oxygen atoms in total. The van der Waals surface area contributed by atoms with E-state index in [9.17, 15) is 5.11 Å². The molecule has 1 aliphatic carbocycles. The van der Waals surface area contributed by atoms with Gasteiger partial charge in [-0.2, -0.15) is 0 Å². The molecule has 1 aromatic heterocycles. The fourth-order valence-corrected chi connectivity index (χ4v) is 2.35. The van der Waals surface area contributed by atoms with E-state index in [4.69, 9.17) is 10.5 Å². The Bertz CT molecular complexity index is 405. The maximum atomic E-state index is 10.4. The van der Waals surface area contributed by atoms with Crippen LogP contribution in [0.5, 0.6) is 5.75 Å². The first-order valence-electron chi connectivity index (χ1n) is 6.25. The van der Waals surface area contributed by atoms with E-state index in [1.165, 1.54) is 19.9 Å². The van der Waals surface area contributed by atoms with Gasteiger partial charge in [0.05, 0.1) is 12.7 Å². The highest BCUT2D eigenvalue weighted by Crippen LogP contribution is 2.30. The van der Waals surface area contributed by atoms with Crippen LogP contribution in [0.15, 0.2) is 6.33 Å². The lowest BCUT2D eigenvalue weighted by Gasteiger charge is -2.32. The topological polar surface area (TPSA) is 93.3 Å². The van der Waals surface area contributed by atoms with E-state index in [2.05, 4.69) is 15.3 Å². The smallest absolute Gasteiger partial charge is 0.203 e. The number of nitrogens with one attached hydrogen (secondary N) is 1. The van der Waals surface area contributed by atoms with Gasteiger partial charge in [-0.15, -0.1) is 0 Å². The van der Waals surface area contributed by atoms with Crippen molar-refractivity contribution in [1.82, 2.24) is 9.97 Å². The molecule has 100 valence electrons. The molecule has 0 saturated heterocycles. The monoisotopic (exact) mass is 252 g/mol. The Balaban J connectivity index is 2.03. The fraction of sp³-hybridized carbons (Fsp3) is 0.667. The molecule has 0 amide bonds. The van der Waals surface area contributed by atoms with Gasteiger partial charge in [0.1, 0.15) is 6.33 Å². The lowest BCUT2D eigenvalue weighted by Crippen LogP contribution is -2.39. The Morgan fingerprint density at radius 1 is 1.39 bits per heavy atom. The van der Waals surface area contributed by atoms with Gasteiger partial charge in [-0.25, -0.2) is 9.97 Å². The Morgan fingerprint density at radius 3 is 2.78 bits per heavy atom. The predicted octanol–water partition coefficient (Wildman–Crippen LogP) is 1.17. The summed E-state index contributed by atoms with van der Waals surface area (Å²) in [5.74, 6) is 1.26. The number of methoxy groups -OCH3 is 1. The molecule has 1 saturated carbocycles. The number of hydrogen-bond acceptors (Lipinski definition) is 6. The molecule has 6 heteroatoms. The Hall–Kier alpha value is -1.56. The molecular weight excluding hydrogens is 232 g/mol. The van der Waals surface area contributed by atoms with Crippen LogP contribution in [-0.4, -0.2) is 34.3 Å². The van der Waals surface area contributed by atoms with E-state index in [1.807, 2.05) is 0 Å². The first kappa shape index (κ1) is 12.9. The van der Waals surface area contributed by atoms with Gasteiger partial charge in [0.2, 0.25) is 5.75 Å². The summed E-state index contributed by atoms with van der Waals surface area (Å²) in [6.07, 6.45) is 6.37. The summed E-state index contributed by atoms with van der Waals surface area (Å²) in [5.41, 5.74) is 5.05. The number of rotatable bonds is 4. The molecular formula is C12H20N4O2. The normalized spacial score (nSPS) is 18.3. The molecule has 0 aliphatic heterocycles. The van der Waals surface area contributed by atoms with Crippen LogP contribution in [0.2, 0.25) is 0 Å². The van der Waals surface area contributed by atoms with Gasteiger partial charge in [0.15, 0.2) is 11.6 Å². The second kappa shape index (κ2) is 5.39. The van der Waals surface area contributed by atoms with Crippen molar-refractivity contribution in [2.24, 2.45) is 0 Å². The van der Waals surface area contributed by atoms with Gasteiger partial charge in [0.25, 0.3) is 0 Å². The van der Waals surface area contributed by atoms with Crippen molar-refractivity contribution in [3.63, 3.8) is 0 Å². The fourth-order valence-electron chi connectivity index (χ4n) is 2.35. The second-order valence-electron chi connectivity index (χ2n) is 4.78. The predicted molar refractivity (Wildman–Crippen MR) is 69.5 cm³/mol. The lowest BCUT2D eigenvalue weighted by atomic mass is 9.85. The summed E-state index contributed by atoms with van der Waals surface area (Å²) in [5, 5.41) is 13.5. The number of ether oxygens (including phenoxy) is 1. The third-order valence-electron chi connectivity index (χ3n) is 3.40. The SMILES string of the molecule is COc1c(N)ncnc1NCC1(O)CCCCC1. The summed E-state index contributed by atoms with van der Waals surface area (Å²) in [6.45, 7) is 0.458. The summed E-state index contributed by atoms with van der Waals surface area (Å²) in [7, 11) is 1.52. The standard InChI is InChI=1S/C12H20N4O2/c1-18-9-10(13)15-8-16-11(9)14-7-12(17)5-3-2-4-6-12/h8,17H,2-7H2,1H3,(H3,13,14,15,16). The van der Waals surface area contributed by atoms with Gasteiger partial charge < -0.3 is 20.9 Å². The minimum absolute atomic E-state index is 0.297. The highest BCUT2D eigenvalue weighted by atomic mass is 16.5. The number of anilines is 2. The van der Waals surface area contributed by atoms with Crippen LogP contribution in [0.25, 0.3) is 0 Å². The van der Waals surface area contributed by atoms with Gasteiger partial charge >= 0.3 is 0 Å². The zero-order valence-electron chi connectivity index (χ0n) is 10.6. The van der Waals surface area contributed by atoms with Crippen LogP contribution < -0.4 is 15.8 Å². The summed E-state index contributed by atoms with van der Waals surface area (Å²) < 4.78 is 5.15. The van der Waals surface area contributed by atoms with E-state index in [-0.39, 0.29) is 0 Å². The van der Waals surface area contributed by atoms with Crippen LogP contribution in [-0.2, 0) is 0 Å². The largest absolute Gasteiger partial charge is 0.490 e. The average molecular weight is 252 g/mol. The summed E-state index contributed by atoms with van der Waals surface area (Å²) >= 11 is 0. The van der Waals surface area contributed by atoms with E-state index >= 15 is 0 Å². The summed E-state index contributed by atoms with van der Waals surface area (Å²) in [6, 6.07) is 0. The number of nitrogen functional groups attached to an aromatic ring is 1. The molecule has 1 fully saturated rings. The molecule has 0 radical (unpaired) electrons. The zero-order chi connectivity index (χ0) is 13.0. The Kier molecular flexibility index (Phi) is 3.86. The first-order chi connectivity index (χ1) is 8.64. The molecule has 0 atom stereocenters. The van der Waals surface area contributed by atoms with Gasteiger partial charge in [-0.1, -0.05) is 19.3 Å². The third kappa shape index (κ3) is 2.81. The maximum absolute atomic E-state index is 10.4. The number of aliphatic hydroxyl groups is 1. The van der Waals surface area contributed by atoms with E-state index < -0.39 is 5.60 Å². The molecule has 1 heterocycles. The van der Waals surface area contributed by atoms with Crippen molar-refractivity contribution in [2.45, 2.75) is 37.7 Å². The van der Waals surface area contributed by atoms with Crippen molar-refractivity contribution in [1.29, 1.82) is 0 Å². The number of aromatic nitrogens is 2. The van der Waals surface area contributed by atoms with Crippen molar-refractivity contribution in [2.75, 3.05) is 24.7 Å². The molecule has 0 spiro atoms. The van der Waals surface area contributed by atoms with Crippen LogP contribution in [0, 0.1) is 0 Å². The lowest BCUT2D eigenvalue weighted by molar-refractivity contribution is 0.0166. The molecule has 4 N–H and O–H groups in total. The quantitative estimate of drug-likeness (QED) is 0.745. The van der Waals surface area contributed by atoms with Gasteiger partial charge in [-0.3, -0.25) is 0 Å². The first-order valence-corrected chi connectivity index (χ1v) is 6.25. The maximum Gasteiger partial charge on any atom is 0.203 e. The molecule has 18 heavy (non-hydrogen) atoms. The minimum Gasteiger partial charge on any atom is -0.490 e. The van der Waals surface area contributed by atoms with Crippen molar-refractivity contribution in [3.8, 4) is 5.75 Å². The Morgan fingerprint density at radius 2 is 2.11 bits per heavy atom. The summed E-state index contributed by atoms with van der Waals surface area (Å²) in [4.78, 5) is 7.95. The highest BCUT2D eigenvalue weighted by Gasteiger charge is 2.29. The molecule has 1 aliphatic rings. The second-order valence-corrected chi connectivity index (χ2v) is 4.78. The van der Waals surface area contributed by atoms with Crippen LogP contribution in [0.1, 0.15) is 32.1 Å². The molecule has 0 aromatic carbocycles. The van der Waals surface area contributed by atoms with Gasteiger partial charge in [-0.05, 0) is 12.8 Å². The van der Waals surface area contributed by atoms with E-state index in [0.717, 1.165) is 25.7 Å². The zero-order valence-corrected chi connectivity index (χ0v) is 10.6. The molecule has 2 rings (SSSR count). The average Bonchev–Trinajstić information content (AvgIpc) is 2.37. The molecule has 0 bridgehead atoms. The number of nitrogens with two attached hydrogens (primary N) is 1. The van der Waals surface area contributed by atoms with Crippen molar-refractivity contribution < 1.29 is 9.84 Å². The van der Waals surface area contributed by atoms with Crippen molar-refractivity contribution in [3.05, 3.63) is 6.33 Å². The number of hydrogen-bond donors (Lipinski definition) is 3. The van der Waals surface area contributed by atoms with Crippen LogP contribution in [0.3, 0.4) is 0 Å². The van der Waals surface area contributed by atoms with E-state index in [0.29, 0.717) is 23.9 Å². The van der Waals surface area contributed by atoms with Crippen LogP contribution >= 0.6 is 0 Å². The highest BCUT2D eigenvalue weighted by molar-refractivity contribution is 5.61. The van der Waals surface area contributed by atoms with E-state index in [1.54, 1.807) is 0 Å². The minimum atomic E-state index is -0.650. The van der Waals surface area contributed by atoms with Gasteiger partial charge in [0, 0.05) is 6.54 Å².